The number of nitrogens with one attached hydrogen (secondary N) is 2. The summed E-state index contributed by atoms with van der Waals surface area (Å²) in [6, 6.07) is 9.03. The van der Waals surface area contributed by atoms with E-state index in [1.54, 1.807) is 0 Å². The number of nitrogens with zero attached hydrogens (tertiary/aromatic N) is 4. The number of amides is 2. The molecule has 13 nitrogen and oxygen atoms in total. The summed E-state index contributed by atoms with van der Waals surface area (Å²) in [6.07, 6.45) is 3.02. The highest BCUT2D eigenvalue weighted by Crippen LogP contribution is 2.36. The highest BCUT2D eigenvalue weighted by atomic mass is 35.5. The highest BCUT2D eigenvalue weighted by Gasteiger charge is 2.40. The number of nitro benzene ring substituents is 1. The number of rotatable bonds is 9. The molecule has 2 N–H and O–H groups in total. The maximum Gasteiger partial charge on any atom is 0.279 e. The van der Waals surface area contributed by atoms with Gasteiger partial charge < -0.3 is 15.2 Å². The molecule has 1 saturated carbocycles. The molecule has 2 aliphatic rings. The Morgan fingerprint density at radius 2 is 1.88 bits per heavy atom. The number of hydrazone groups is 1. The van der Waals surface area contributed by atoms with Crippen LogP contribution >= 0.6 is 23.2 Å². The van der Waals surface area contributed by atoms with E-state index in [4.69, 9.17) is 23.2 Å². The lowest BCUT2D eigenvalue weighted by Crippen LogP contribution is -2.40. The number of pyridine rings is 1. The summed E-state index contributed by atoms with van der Waals surface area (Å²) in [7, 11) is -5.19. The minimum atomic E-state index is -5.19. The van der Waals surface area contributed by atoms with Gasteiger partial charge in [-0.1, -0.05) is 29.3 Å². The third-order valence-corrected chi connectivity index (χ3v) is 8.51. The predicted molar refractivity (Wildman–Crippen MR) is 157 cm³/mol. The Labute approximate surface area is 255 Å². The number of benzene rings is 2. The van der Waals surface area contributed by atoms with E-state index in [1.165, 1.54) is 36.5 Å². The molecule has 43 heavy (non-hydrogen) atoms. The van der Waals surface area contributed by atoms with E-state index in [-0.39, 0.29) is 45.3 Å². The molecule has 0 radical (unpaired) electrons. The number of hydrogen-bond donors (Lipinski definition) is 2. The Morgan fingerprint density at radius 1 is 1.14 bits per heavy atom. The van der Waals surface area contributed by atoms with Crippen LogP contribution in [0.5, 0.6) is 0 Å². The Morgan fingerprint density at radius 3 is 2.53 bits per heavy atom. The van der Waals surface area contributed by atoms with Crippen LogP contribution in [0.2, 0.25) is 10.0 Å². The van der Waals surface area contributed by atoms with E-state index in [2.05, 4.69) is 20.7 Å². The zero-order valence-electron chi connectivity index (χ0n) is 22.4. The van der Waals surface area contributed by atoms with Crippen LogP contribution in [0.3, 0.4) is 0 Å². The van der Waals surface area contributed by atoms with E-state index in [9.17, 15) is 32.7 Å². The van der Waals surface area contributed by atoms with Gasteiger partial charge in [-0.3, -0.25) is 19.7 Å². The fourth-order valence-electron chi connectivity index (χ4n) is 4.80. The zero-order chi connectivity index (χ0) is 31.1. The molecule has 2 aromatic carbocycles. The molecule has 5 rings (SSSR count). The molecule has 2 heterocycles. The lowest BCUT2D eigenvalue weighted by atomic mass is 10.0. The minimum Gasteiger partial charge on any atom is -0.744 e. The first-order valence-corrected chi connectivity index (χ1v) is 15.1. The third-order valence-electron chi connectivity index (χ3n) is 7.10. The SMILES string of the molecule is CC(NC(=O)c1cc(Cl)ccc1NC(=O)C1CC(c2c([N+](=O)[O-])cccc2S(=O)(=O)[O-])=NN1c1ncccc1Cl)C1CC1. The van der Waals surface area contributed by atoms with E-state index >= 15 is 0 Å². The highest BCUT2D eigenvalue weighted by molar-refractivity contribution is 7.85. The van der Waals surface area contributed by atoms with Gasteiger partial charge in [-0.2, -0.15) is 5.10 Å². The van der Waals surface area contributed by atoms with Gasteiger partial charge in [-0.25, -0.2) is 18.4 Å². The number of aromatic nitrogens is 1. The molecule has 16 heteroatoms. The zero-order valence-corrected chi connectivity index (χ0v) is 24.7. The van der Waals surface area contributed by atoms with Gasteiger partial charge in [-0.05, 0) is 62.1 Å². The van der Waals surface area contributed by atoms with Crippen molar-refractivity contribution in [1.82, 2.24) is 10.3 Å². The molecule has 0 bridgehead atoms. The summed E-state index contributed by atoms with van der Waals surface area (Å²) >= 11 is 12.5. The number of hydrogen-bond acceptors (Lipinski definition) is 10. The molecule has 0 saturated heterocycles. The predicted octanol–water partition coefficient (Wildman–Crippen LogP) is 4.35. The van der Waals surface area contributed by atoms with E-state index < -0.39 is 49.0 Å². The van der Waals surface area contributed by atoms with Crippen molar-refractivity contribution in [2.24, 2.45) is 11.0 Å². The number of nitro groups is 1. The van der Waals surface area contributed by atoms with E-state index in [1.807, 2.05) is 6.92 Å². The Bertz CT molecular complexity index is 1780. The van der Waals surface area contributed by atoms with Crippen LogP contribution in [0.1, 0.15) is 42.1 Å². The summed E-state index contributed by atoms with van der Waals surface area (Å²) in [5.74, 6) is -0.805. The number of halogens is 2. The van der Waals surface area contributed by atoms with Crippen molar-refractivity contribution in [2.45, 2.75) is 43.2 Å². The summed E-state index contributed by atoms with van der Waals surface area (Å²) in [4.78, 5) is 41.3. The van der Waals surface area contributed by atoms with Gasteiger partial charge in [0.15, 0.2) is 5.82 Å². The van der Waals surface area contributed by atoms with E-state index in [0.717, 1.165) is 36.0 Å². The summed E-state index contributed by atoms with van der Waals surface area (Å²) < 4.78 is 36.3. The van der Waals surface area contributed by atoms with Crippen LogP contribution in [-0.2, 0) is 14.9 Å². The van der Waals surface area contributed by atoms with Gasteiger partial charge in [-0.15, -0.1) is 0 Å². The monoisotopic (exact) mass is 645 g/mol. The smallest absolute Gasteiger partial charge is 0.279 e. The minimum absolute atomic E-state index is 0.00300. The first-order valence-electron chi connectivity index (χ1n) is 13.0. The van der Waals surface area contributed by atoms with Crippen LogP contribution in [-0.4, -0.2) is 52.5 Å². The fourth-order valence-corrected chi connectivity index (χ4v) is 5.90. The molecule has 0 spiro atoms. The quantitative estimate of drug-likeness (QED) is 0.194. The molecule has 224 valence electrons. The molecular formula is C27H23Cl2N6O7S-. The second kappa shape index (κ2) is 11.9. The standard InChI is InChI=1S/C27H24Cl2N6O7S/c1-14(15-7-8-15)31-26(36)17-12-16(28)9-10-19(17)32-27(37)22-13-20(33-34(22)25-18(29)4-3-11-30-25)24-21(35(38)39)5-2-6-23(24)43(40,41)42/h2-6,9-12,14-15,22H,7-8,13H2,1H3,(H,31,36)(H,32,37)(H,40,41,42)/p-1. The van der Waals surface area contributed by atoms with Crippen LogP contribution in [0.4, 0.5) is 17.2 Å². The van der Waals surface area contributed by atoms with Crippen molar-refractivity contribution in [2.75, 3.05) is 10.3 Å². The average Bonchev–Trinajstić information content (AvgIpc) is 3.72. The second-order valence-electron chi connectivity index (χ2n) is 10.1. The van der Waals surface area contributed by atoms with Crippen molar-refractivity contribution in [3.63, 3.8) is 0 Å². The summed E-state index contributed by atoms with van der Waals surface area (Å²) in [5.41, 5.74) is -1.23. The largest absolute Gasteiger partial charge is 0.744 e. The third kappa shape index (κ3) is 6.46. The van der Waals surface area contributed by atoms with Gasteiger partial charge in [0.1, 0.15) is 16.2 Å². The Hall–Kier alpha value is -4.11. The van der Waals surface area contributed by atoms with Crippen molar-refractivity contribution >= 4 is 68.0 Å². The molecule has 1 aromatic heterocycles. The Kier molecular flexibility index (Phi) is 8.38. The number of carbonyl (C=O) groups is 2. The van der Waals surface area contributed by atoms with Crippen LogP contribution in [0.25, 0.3) is 0 Å². The fraction of sp³-hybridized carbons (Fsp3) is 0.259. The lowest BCUT2D eigenvalue weighted by Gasteiger charge is -2.23. The van der Waals surface area contributed by atoms with Crippen molar-refractivity contribution in [3.05, 3.63) is 86.0 Å². The topological polar surface area (TPSA) is 187 Å². The normalized spacial score (nSPS) is 17.3. The average molecular weight is 646 g/mol. The van der Waals surface area contributed by atoms with Crippen LogP contribution < -0.4 is 15.6 Å². The van der Waals surface area contributed by atoms with E-state index in [0.29, 0.717) is 5.92 Å². The molecule has 2 unspecified atom stereocenters. The van der Waals surface area contributed by atoms with Crippen molar-refractivity contribution in [1.29, 1.82) is 0 Å². The van der Waals surface area contributed by atoms with Gasteiger partial charge >= 0.3 is 0 Å². The van der Waals surface area contributed by atoms with Gasteiger partial charge in [0.25, 0.3) is 11.6 Å². The molecule has 1 aliphatic carbocycles. The molecule has 1 fully saturated rings. The van der Waals surface area contributed by atoms with Gasteiger partial charge in [0.2, 0.25) is 5.91 Å². The lowest BCUT2D eigenvalue weighted by molar-refractivity contribution is -0.385. The maximum absolute atomic E-state index is 13.8. The van der Waals surface area contributed by atoms with Crippen LogP contribution in [0, 0.1) is 16.0 Å². The maximum atomic E-state index is 13.8. The number of anilines is 2. The van der Waals surface area contributed by atoms with Crippen molar-refractivity contribution < 1.29 is 27.5 Å². The first-order chi connectivity index (χ1) is 20.3. The molecular weight excluding hydrogens is 623 g/mol. The first kappa shape index (κ1) is 30.4. The van der Waals surface area contributed by atoms with Gasteiger partial charge in [0.05, 0.1) is 37.4 Å². The molecule has 2 atom stereocenters. The molecule has 2 amide bonds. The van der Waals surface area contributed by atoms with Crippen molar-refractivity contribution in [3.8, 4) is 0 Å². The number of carbonyl (C=O) groups excluding carboxylic acids is 2. The Balaban J connectivity index is 1.54. The second-order valence-corrected chi connectivity index (χ2v) is 12.3. The molecule has 1 aliphatic heterocycles. The summed E-state index contributed by atoms with van der Waals surface area (Å²) in [6.45, 7) is 1.89. The van der Waals surface area contributed by atoms with Gasteiger partial charge in [0, 0.05) is 29.7 Å². The molecule has 3 aromatic rings. The van der Waals surface area contributed by atoms with Crippen LogP contribution in [0.15, 0.2) is 64.7 Å². The summed E-state index contributed by atoms with van der Waals surface area (Å²) in [5, 5.41) is 23.2.